The van der Waals surface area contributed by atoms with Gasteiger partial charge in [-0.25, -0.2) is 5.43 Å². The van der Waals surface area contributed by atoms with E-state index in [1.165, 1.54) is 30.5 Å². The Bertz CT molecular complexity index is 621. The number of aromatic amines is 1. The second kappa shape index (κ2) is 6.13. The van der Waals surface area contributed by atoms with E-state index in [1.807, 2.05) is 0 Å². The minimum Gasteiger partial charge on any atom is -0.273 e. The number of hydrogen-bond donors (Lipinski definition) is 2. The van der Waals surface area contributed by atoms with Gasteiger partial charge in [-0.2, -0.15) is 10.3 Å². The van der Waals surface area contributed by atoms with Crippen LogP contribution in [0.4, 0.5) is 5.69 Å². The van der Waals surface area contributed by atoms with Gasteiger partial charge in [0, 0.05) is 12.1 Å². The number of carbonyl (C=O) groups is 1. The highest BCUT2D eigenvalue weighted by atomic mass is 16.6. The van der Waals surface area contributed by atoms with E-state index in [4.69, 9.17) is 0 Å². The van der Waals surface area contributed by atoms with Gasteiger partial charge in [0.25, 0.3) is 5.69 Å². The molecule has 0 bridgehead atoms. The number of nitro groups is 1. The Morgan fingerprint density at radius 1 is 1.45 bits per heavy atom. The molecule has 10 nitrogen and oxygen atoms in total. The van der Waals surface area contributed by atoms with Crippen LogP contribution in [-0.4, -0.2) is 37.7 Å². The first kappa shape index (κ1) is 13.3. The molecule has 0 spiro atoms. The molecule has 0 aliphatic heterocycles. The van der Waals surface area contributed by atoms with Crippen molar-refractivity contribution in [1.82, 2.24) is 26.0 Å². The Balaban J connectivity index is 1.86. The van der Waals surface area contributed by atoms with Crippen LogP contribution in [0.3, 0.4) is 0 Å². The Hall–Kier alpha value is -3.17. The first-order chi connectivity index (χ1) is 9.65. The molecule has 20 heavy (non-hydrogen) atoms. The van der Waals surface area contributed by atoms with Gasteiger partial charge in [0.1, 0.15) is 0 Å². The highest BCUT2D eigenvalue weighted by molar-refractivity contribution is 5.83. The fourth-order valence-electron chi connectivity index (χ4n) is 1.30. The van der Waals surface area contributed by atoms with Gasteiger partial charge in [-0.15, -0.1) is 10.2 Å². The number of nitrogens with one attached hydrogen (secondary N) is 2. The second-order valence-corrected chi connectivity index (χ2v) is 3.65. The lowest BCUT2D eigenvalue weighted by atomic mass is 10.2. The third-order valence-electron chi connectivity index (χ3n) is 2.21. The number of rotatable bonds is 5. The lowest BCUT2D eigenvalue weighted by molar-refractivity contribution is -0.384. The van der Waals surface area contributed by atoms with E-state index >= 15 is 0 Å². The summed E-state index contributed by atoms with van der Waals surface area (Å²) in [5.41, 5.74) is 2.89. The van der Waals surface area contributed by atoms with Gasteiger partial charge in [-0.3, -0.25) is 14.9 Å². The standard InChI is InChI=1S/C10H9N7O3/c18-10(5-9-12-15-16-13-9)14-11-6-7-1-3-8(4-2-7)17(19)20/h1-4,6H,5H2,(H,14,18)(H,12,13,15,16). The summed E-state index contributed by atoms with van der Waals surface area (Å²) in [5.74, 6) is -0.141. The van der Waals surface area contributed by atoms with Crippen LogP contribution in [-0.2, 0) is 11.2 Å². The summed E-state index contributed by atoms with van der Waals surface area (Å²) in [6, 6.07) is 5.74. The first-order valence-electron chi connectivity index (χ1n) is 5.44. The molecule has 1 aromatic carbocycles. The number of aromatic nitrogens is 4. The number of amides is 1. The highest BCUT2D eigenvalue weighted by Crippen LogP contribution is 2.10. The molecule has 0 saturated heterocycles. The quantitative estimate of drug-likeness (QED) is 0.440. The van der Waals surface area contributed by atoms with Gasteiger partial charge < -0.3 is 0 Å². The zero-order chi connectivity index (χ0) is 14.4. The molecule has 0 fully saturated rings. The van der Waals surface area contributed by atoms with E-state index in [1.54, 1.807) is 0 Å². The van der Waals surface area contributed by atoms with Gasteiger partial charge in [-0.1, -0.05) is 5.21 Å². The maximum atomic E-state index is 11.4. The smallest absolute Gasteiger partial charge is 0.269 e. The molecule has 0 saturated carbocycles. The number of nitro benzene ring substituents is 1. The number of non-ortho nitro benzene ring substituents is 1. The molecule has 0 radical (unpaired) electrons. The summed E-state index contributed by atoms with van der Waals surface area (Å²) in [4.78, 5) is 21.4. The van der Waals surface area contributed by atoms with E-state index in [0.29, 0.717) is 5.56 Å². The van der Waals surface area contributed by atoms with Crippen molar-refractivity contribution < 1.29 is 9.72 Å². The molecular weight excluding hydrogens is 266 g/mol. The van der Waals surface area contributed by atoms with Crippen molar-refractivity contribution in [2.45, 2.75) is 6.42 Å². The summed E-state index contributed by atoms with van der Waals surface area (Å²) < 4.78 is 0. The van der Waals surface area contributed by atoms with E-state index < -0.39 is 10.8 Å². The van der Waals surface area contributed by atoms with E-state index in [9.17, 15) is 14.9 Å². The number of tetrazole rings is 1. The third kappa shape index (κ3) is 3.66. The minimum atomic E-state index is -0.492. The molecule has 0 unspecified atom stereocenters. The molecule has 102 valence electrons. The van der Waals surface area contributed by atoms with Crippen molar-refractivity contribution in [3.63, 3.8) is 0 Å². The van der Waals surface area contributed by atoms with Crippen molar-refractivity contribution in [3.8, 4) is 0 Å². The summed E-state index contributed by atoms with van der Waals surface area (Å²) in [6.45, 7) is 0. The highest BCUT2D eigenvalue weighted by Gasteiger charge is 2.06. The molecule has 1 amide bonds. The van der Waals surface area contributed by atoms with Gasteiger partial charge in [0.05, 0.1) is 17.6 Å². The predicted octanol–water partition coefficient (Wildman–Crippen LogP) is -0.199. The second-order valence-electron chi connectivity index (χ2n) is 3.65. The predicted molar refractivity (Wildman–Crippen MR) is 66.7 cm³/mol. The lowest BCUT2D eigenvalue weighted by Gasteiger charge is -1.96. The maximum Gasteiger partial charge on any atom is 0.269 e. The van der Waals surface area contributed by atoms with Crippen LogP contribution >= 0.6 is 0 Å². The van der Waals surface area contributed by atoms with Crippen molar-refractivity contribution in [3.05, 3.63) is 45.8 Å². The van der Waals surface area contributed by atoms with Crippen LogP contribution in [0, 0.1) is 10.1 Å². The molecule has 0 aliphatic rings. The Morgan fingerprint density at radius 2 is 2.20 bits per heavy atom. The van der Waals surface area contributed by atoms with Crippen LogP contribution in [0.15, 0.2) is 29.4 Å². The lowest BCUT2D eigenvalue weighted by Crippen LogP contribution is -2.20. The molecule has 1 heterocycles. The fraction of sp³-hybridized carbons (Fsp3) is 0.100. The van der Waals surface area contributed by atoms with Crippen LogP contribution < -0.4 is 5.43 Å². The van der Waals surface area contributed by atoms with Crippen molar-refractivity contribution in [2.24, 2.45) is 5.10 Å². The third-order valence-corrected chi connectivity index (χ3v) is 2.21. The van der Waals surface area contributed by atoms with Crippen LogP contribution in [0.25, 0.3) is 0 Å². The zero-order valence-electron chi connectivity index (χ0n) is 10.1. The van der Waals surface area contributed by atoms with Crippen LogP contribution in [0.1, 0.15) is 11.4 Å². The summed E-state index contributed by atoms with van der Waals surface area (Å²) in [6.07, 6.45) is 1.33. The average Bonchev–Trinajstić information content (AvgIpc) is 2.92. The van der Waals surface area contributed by atoms with Crippen molar-refractivity contribution in [2.75, 3.05) is 0 Å². The monoisotopic (exact) mass is 275 g/mol. The summed E-state index contributed by atoms with van der Waals surface area (Å²) in [5, 5.41) is 27.0. The molecule has 1 aromatic heterocycles. The summed E-state index contributed by atoms with van der Waals surface area (Å²) >= 11 is 0. The van der Waals surface area contributed by atoms with Crippen molar-refractivity contribution in [1.29, 1.82) is 0 Å². The normalized spacial score (nSPS) is 10.6. The average molecular weight is 275 g/mol. The minimum absolute atomic E-state index is 0.0108. The van der Waals surface area contributed by atoms with Gasteiger partial charge in [0.2, 0.25) is 5.91 Å². The number of benzene rings is 1. The number of hydrazone groups is 1. The summed E-state index contributed by atoms with van der Waals surface area (Å²) in [7, 11) is 0. The molecule has 0 aliphatic carbocycles. The first-order valence-corrected chi connectivity index (χ1v) is 5.44. The molecular formula is C10H9N7O3. The van der Waals surface area contributed by atoms with Crippen molar-refractivity contribution >= 4 is 17.8 Å². The van der Waals surface area contributed by atoms with Crippen LogP contribution in [0.2, 0.25) is 0 Å². The molecule has 10 heteroatoms. The van der Waals surface area contributed by atoms with Gasteiger partial charge >= 0.3 is 0 Å². The SMILES string of the molecule is O=C(Cc1nn[nH]n1)NN=Cc1ccc([N+](=O)[O-])cc1. The fourth-order valence-corrected chi connectivity index (χ4v) is 1.30. The van der Waals surface area contributed by atoms with E-state index in [2.05, 4.69) is 31.2 Å². The van der Waals surface area contributed by atoms with Gasteiger partial charge in [0.15, 0.2) is 5.82 Å². The number of hydrogen-bond acceptors (Lipinski definition) is 7. The zero-order valence-corrected chi connectivity index (χ0v) is 10.1. The molecule has 0 atom stereocenters. The number of carbonyl (C=O) groups excluding carboxylic acids is 1. The Morgan fingerprint density at radius 3 is 2.80 bits per heavy atom. The number of H-pyrrole nitrogens is 1. The molecule has 2 rings (SSSR count). The number of nitrogens with zero attached hydrogens (tertiary/aromatic N) is 5. The van der Waals surface area contributed by atoms with E-state index in [0.717, 1.165) is 0 Å². The Kier molecular flexibility index (Phi) is 4.07. The molecule has 2 N–H and O–H groups in total. The van der Waals surface area contributed by atoms with Crippen LogP contribution in [0.5, 0.6) is 0 Å². The van der Waals surface area contributed by atoms with Gasteiger partial charge in [-0.05, 0) is 17.7 Å². The molecule has 2 aromatic rings. The Labute approximate surface area is 112 Å². The maximum absolute atomic E-state index is 11.4. The topological polar surface area (TPSA) is 139 Å². The largest absolute Gasteiger partial charge is 0.273 e. The van der Waals surface area contributed by atoms with E-state index in [-0.39, 0.29) is 17.9 Å².